The lowest BCUT2D eigenvalue weighted by Gasteiger charge is -2.23. The zero-order valence-corrected chi connectivity index (χ0v) is 12.4. The molecule has 0 radical (unpaired) electrons. The predicted octanol–water partition coefficient (Wildman–Crippen LogP) is 4.05. The molecule has 0 bridgehead atoms. The van der Waals surface area contributed by atoms with E-state index < -0.39 is 23.7 Å². The van der Waals surface area contributed by atoms with E-state index in [0.29, 0.717) is 5.56 Å². The summed E-state index contributed by atoms with van der Waals surface area (Å²) < 4.78 is 26.9. The van der Waals surface area contributed by atoms with Crippen LogP contribution in [0.25, 0.3) is 0 Å². The molecule has 2 unspecified atom stereocenters. The highest BCUT2D eigenvalue weighted by Gasteiger charge is 2.26. The zero-order valence-electron chi connectivity index (χ0n) is 10.9. The van der Waals surface area contributed by atoms with Gasteiger partial charge in [0.15, 0.2) is 0 Å². The van der Waals surface area contributed by atoms with Crippen LogP contribution in [-0.4, -0.2) is 11.7 Å². The van der Waals surface area contributed by atoms with Gasteiger partial charge in [0.05, 0.1) is 16.1 Å². The van der Waals surface area contributed by atoms with Gasteiger partial charge in [-0.3, -0.25) is 0 Å². The van der Waals surface area contributed by atoms with Crippen LogP contribution in [0.3, 0.4) is 0 Å². The van der Waals surface area contributed by atoms with Gasteiger partial charge in [0.1, 0.15) is 11.6 Å². The molecule has 0 heterocycles. The highest BCUT2D eigenvalue weighted by Crippen LogP contribution is 2.37. The van der Waals surface area contributed by atoms with Crippen LogP contribution in [0.1, 0.15) is 23.1 Å². The third-order valence-corrected chi connectivity index (χ3v) is 4.13. The van der Waals surface area contributed by atoms with Gasteiger partial charge in [-0.15, -0.1) is 0 Å². The number of hydrogen-bond donors (Lipinski definition) is 2. The molecule has 0 aliphatic carbocycles. The van der Waals surface area contributed by atoms with Crippen molar-refractivity contribution in [3.63, 3.8) is 0 Å². The van der Waals surface area contributed by atoms with Crippen molar-refractivity contribution in [3.8, 4) is 0 Å². The van der Waals surface area contributed by atoms with E-state index in [1.165, 1.54) is 6.07 Å². The third kappa shape index (κ3) is 3.35. The lowest BCUT2D eigenvalue weighted by atomic mass is 9.89. The van der Waals surface area contributed by atoms with Crippen molar-refractivity contribution >= 4 is 23.2 Å². The van der Waals surface area contributed by atoms with Crippen LogP contribution in [0.5, 0.6) is 0 Å². The number of benzene rings is 2. The number of aliphatic hydroxyl groups excluding tert-OH is 1. The Morgan fingerprint density at radius 3 is 2.43 bits per heavy atom. The summed E-state index contributed by atoms with van der Waals surface area (Å²) >= 11 is 12.0. The average molecular weight is 332 g/mol. The molecule has 2 aromatic rings. The van der Waals surface area contributed by atoms with Crippen LogP contribution in [0.4, 0.5) is 8.78 Å². The van der Waals surface area contributed by atoms with Gasteiger partial charge in [0.25, 0.3) is 0 Å². The van der Waals surface area contributed by atoms with Crippen molar-refractivity contribution in [2.75, 3.05) is 6.54 Å². The standard InChI is InChI=1S/C15H13Cl2F2NO/c16-12-3-1-2-10(14(12)17)15(21)11(7-20)9-5-4-8(18)6-13(9)19/h1-6,11,15,21H,7,20H2. The lowest BCUT2D eigenvalue weighted by Crippen LogP contribution is -2.21. The molecule has 21 heavy (non-hydrogen) atoms. The summed E-state index contributed by atoms with van der Waals surface area (Å²) in [6, 6.07) is 7.93. The van der Waals surface area contributed by atoms with E-state index in [1.807, 2.05) is 0 Å². The molecule has 2 aromatic carbocycles. The van der Waals surface area contributed by atoms with Crippen LogP contribution in [0.15, 0.2) is 36.4 Å². The normalized spacial score (nSPS) is 14.0. The number of hydrogen-bond acceptors (Lipinski definition) is 2. The second kappa shape index (κ2) is 6.71. The summed E-state index contributed by atoms with van der Waals surface area (Å²) in [5.41, 5.74) is 6.12. The smallest absolute Gasteiger partial charge is 0.129 e. The Bertz CT molecular complexity index is 652. The fourth-order valence-electron chi connectivity index (χ4n) is 2.19. The molecule has 0 aromatic heterocycles. The number of nitrogens with two attached hydrogens (primary N) is 1. The van der Waals surface area contributed by atoms with Crippen LogP contribution < -0.4 is 5.73 Å². The van der Waals surface area contributed by atoms with Crippen LogP contribution in [0, 0.1) is 11.6 Å². The van der Waals surface area contributed by atoms with Crippen molar-refractivity contribution in [1.82, 2.24) is 0 Å². The molecule has 3 N–H and O–H groups in total. The lowest BCUT2D eigenvalue weighted by molar-refractivity contribution is 0.146. The fraction of sp³-hybridized carbons (Fsp3) is 0.200. The topological polar surface area (TPSA) is 46.2 Å². The van der Waals surface area contributed by atoms with Gasteiger partial charge in [-0.1, -0.05) is 41.4 Å². The summed E-state index contributed by atoms with van der Waals surface area (Å²) in [4.78, 5) is 0. The maximum Gasteiger partial charge on any atom is 0.129 e. The first-order valence-electron chi connectivity index (χ1n) is 6.22. The van der Waals surface area contributed by atoms with Crippen molar-refractivity contribution < 1.29 is 13.9 Å². The molecule has 0 fully saturated rings. The summed E-state index contributed by atoms with van der Waals surface area (Å²) in [5, 5.41) is 10.9. The monoisotopic (exact) mass is 331 g/mol. The maximum absolute atomic E-state index is 13.9. The van der Waals surface area contributed by atoms with Crippen molar-refractivity contribution in [2.24, 2.45) is 5.73 Å². The number of rotatable bonds is 4. The van der Waals surface area contributed by atoms with Gasteiger partial charge in [-0.05, 0) is 17.7 Å². The zero-order chi connectivity index (χ0) is 15.6. The van der Waals surface area contributed by atoms with Crippen LogP contribution >= 0.6 is 23.2 Å². The first-order chi connectivity index (χ1) is 9.95. The molecule has 0 saturated heterocycles. The molecule has 2 atom stereocenters. The minimum Gasteiger partial charge on any atom is -0.388 e. The molecule has 0 aliphatic rings. The molecule has 2 nitrogen and oxygen atoms in total. The SMILES string of the molecule is NCC(c1ccc(F)cc1F)C(O)c1cccc(Cl)c1Cl. The number of aliphatic hydroxyl groups is 1. The maximum atomic E-state index is 13.9. The first-order valence-corrected chi connectivity index (χ1v) is 6.98. The highest BCUT2D eigenvalue weighted by atomic mass is 35.5. The van der Waals surface area contributed by atoms with E-state index in [1.54, 1.807) is 18.2 Å². The minimum absolute atomic E-state index is 0.0352. The highest BCUT2D eigenvalue weighted by molar-refractivity contribution is 6.42. The second-order valence-corrected chi connectivity index (χ2v) is 5.38. The van der Waals surface area contributed by atoms with E-state index in [4.69, 9.17) is 28.9 Å². The van der Waals surface area contributed by atoms with E-state index in [2.05, 4.69) is 0 Å². The Balaban J connectivity index is 2.43. The molecular weight excluding hydrogens is 319 g/mol. The first kappa shape index (κ1) is 16.2. The molecule has 2 rings (SSSR count). The van der Waals surface area contributed by atoms with Gasteiger partial charge >= 0.3 is 0 Å². The summed E-state index contributed by atoms with van der Waals surface area (Å²) in [7, 11) is 0. The molecular formula is C15H13Cl2F2NO. The minimum atomic E-state index is -1.15. The van der Waals surface area contributed by atoms with E-state index >= 15 is 0 Å². The van der Waals surface area contributed by atoms with Gasteiger partial charge in [0, 0.05) is 24.1 Å². The Kier molecular flexibility index (Phi) is 5.17. The van der Waals surface area contributed by atoms with Crippen LogP contribution in [-0.2, 0) is 0 Å². The fourth-order valence-corrected chi connectivity index (χ4v) is 2.61. The Hall–Kier alpha value is -1.20. The van der Waals surface area contributed by atoms with Gasteiger partial charge in [0.2, 0.25) is 0 Å². The summed E-state index contributed by atoms with van der Waals surface area (Å²) in [6.07, 6.45) is -1.15. The Morgan fingerprint density at radius 2 is 1.81 bits per heavy atom. The third-order valence-electron chi connectivity index (χ3n) is 3.30. The predicted molar refractivity (Wildman–Crippen MR) is 79.6 cm³/mol. The van der Waals surface area contributed by atoms with Crippen molar-refractivity contribution in [3.05, 3.63) is 69.2 Å². The van der Waals surface area contributed by atoms with E-state index in [-0.39, 0.29) is 22.2 Å². The summed E-state index contributed by atoms with van der Waals surface area (Å²) in [5.74, 6) is -2.22. The van der Waals surface area contributed by atoms with Gasteiger partial charge < -0.3 is 10.8 Å². The molecule has 0 amide bonds. The Labute approximate surface area is 131 Å². The van der Waals surface area contributed by atoms with E-state index in [0.717, 1.165) is 12.1 Å². The second-order valence-electron chi connectivity index (χ2n) is 4.60. The van der Waals surface area contributed by atoms with Crippen LogP contribution in [0.2, 0.25) is 10.0 Å². The summed E-state index contributed by atoms with van der Waals surface area (Å²) in [6.45, 7) is -0.0352. The number of halogens is 4. The average Bonchev–Trinajstić information content (AvgIpc) is 2.44. The molecule has 112 valence electrons. The molecule has 6 heteroatoms. The van der Waals surface area contributed by atoms with E-state index in [9.17, 15) is 13.9 Å². The van der Waals surface area contributed by atoms with Crippen molar-refractivity contribution in [2.45, 2.75) is 12.0 Å². The quantitative estimate of drug-likeness (QED) is 0.887. The van der Waals surface area contributed by atoms with Crippen molar-refractivity contribution in [1.29, 1.82) is 0 Å². The molecule has 0 aliphatic heterocycles. The van der Waals surface area contributed by atoms with Gasteiger partial charge in [-0.2, -0.15) is 0 Å². The Morgan fingerprint density at radius 1 is 1.10 bits per heavy atom. The molecule has 0 saturated carbocycles. The largest absolute Gasteiger partial charge is 0.388 e. The van der Waals surface area contributed by atoms with Gasteiger partial charge in [-0.25, -0.2) is 8.78 Å². The molecule has 0 spiro atoms.